The quantitative estimate of drug-likeness (QED) is 0.572. The number of carbonyl (C=O) groups is 1. The van der Waals surface area contributed by atoms with E-state index in [1.807, 2.05) is 49.4 Å². The third-order valence-electron chi connectivity index (χ3n) is 6.08. The van der Waals surface area contributed by atoms with E-state index in [1.165, 1.54) is 10.5 Å². The minimum absolute atomic E-state index is 0.0218. The summed E-state index contributed by atoms with van der Waals surface area (Å²) in [5.41, 5.74) is 3.52. The normalized spacial score (nSPS) is 20.9. The predicted octanol–water partition coefficient (Wildman–Crippen LogP) is 4.86. The molecule has 5 heteroatoms. The highest BCUT2D eigenvalue weighted by Gasteiger charge is 2.47. The molecule has 1 unspecified atom stereocenters. The molecule has 0 aliphatic carbocycles. The number of terminal acetylenes is 1. The first-order valence-electron chi connectivity index (χ1n) is 10.3. The van der Waals surface area contributed by atoms with Gasteiger partial charge in [-0.05, 0) is 60.0 Å². The van der Waals surface area contributed by atoms with Crippen LogP contribution in [0.5, 0.6) is 0 Å². The zero-order valence-electron chi connectivity index (χ0n) is 17.7. The highest BCUT2D eigenvalue weighted by molar-refractivity contribution is 7.10. The Morgan fingerprint density at radius 3 is 2.68 bits per heavy atom. The average molecular weight is 428 g/mol. The number of benzene rings is 2. The molecule has 0 radical (unpaired) electrons. The van der Waals surface area contributed by atoms with Crippen LogP contribution in [0.3, 0.4) is 0 Å². The van der Waals surface area contributed by atoms with Gasteiger partial charge < -0.3 is 5.32 Å². The molecule has 2 N–H and O–H groups in total. The number of nitrogens with one attached hydrogen (secondary N) is 2. The van der Waals surface area contributed by atoms with Gasteiger partial charge in [0, 0.05) is 17.5 Å². The van der Waals surface area contributed by atoms with Crippen LogP contribution in [-0.4, -0.2) is 23.8 Å². The van der Waals surface area contributed by atoms with Crippen molar-refractivity contribution < 1.29 is 4.79 Å². The second kappa shape index (κ2) is 8.41. The molecular formula is C26H25N3OS. The lowest BCUT2D eigenvalue weighted by Gasteiger charge is -2.45. The van der Waals surface area contributed by atoms with Crippen LogP contribution in [0.25, 0.3) is 11.1 Å². The molecule has 2 atom stereocenters. The zero-order chi connectivity index (χ0) is 22.0. The second-order valence-corrected chi connectivity index (χ2v) is 8.99. The number of guanidine groups is 1. The Labute approximate surface area is 187 Å². The molecule has 0 bridgehead atoms. The lowest BCUT2D eigenvalue weighted by atomic mass is 9.77. The molecule has 31 heavy (non-hydrogen) atoms. The number of carbonyl (C=O) groups excluding carboxylic acids is 1. The van der Waals surface area contributed by atoms with Gasteiger partial charge in [0.25, 0.3) is 0 Å². The standard InChI is InChI=1S/C26H25N3OS/c1-4-18-11-8-12-20(15-18)21-16-23(31-17-21)26(2)22(24(30)29(3)25(27)28-26)14-13-19-9-6-5-7-10-19/h1,5-12,15-17,22H,13-14H2,2-3H3,(H2,27,28)/t22?,26-/m0/s1. The highest BCUT2D eigenvalue weighted by Crippen LogP contribution is 2.41. The fourth-order valence-electron chi connectivity index (χ4n) is 4.16. The largest absolute Gasteiger partial charge is 0.345 e. The van der Waals surface area contributed by atoms with E-state index in [9.17, 15) is 4.79 Å². The van der Waals surface area contributed by atoms with Gasteiger partial charge in [0.15, 0.2) is 5.96 Å². The first-order chi connectivity index (χ1) is 14.9. The molecule has 2 aromatic carbocycles. The van der Waals surface area contributed by atoms with E-state index in [2.05, 4.69) is 34.8 Å². The number of hydrogen-bond donors (Lipinski definition) is 2. The molecule has 2 heterocycles. The number of amides is 1. The minimum Gasteiger partial charge on any atom is -0.345 e. The molecule has 1 saturated heterocycles. The van der Waals surface area contributed by atoms with Gasteiger partial charge in [-0.1, -0.05) is 48.4 Å². The Morgan fingerprint density at radius 1 is 1.16 bits per heavy atom. The van der Waals surface area contributed by atoms with Crippen LogP contribution >= 0.6 is 11.3 Å². The number of thiophene rings is 1. The minimum atomic E-state index is -0.651. The van der Waals surface area contributed by atoms with Crippen LogP contribution in [0.4, 0.5) is 0 Å². The highest BCUT2D eigenvalue weighted by atomic mass is 32.1. The lowest BCUT2D eigenvalue weighted by Crippen LogP contribution is -2.63. The molecular weight excluding hydrogens is 402 g/mol. The molecule has 4 rings (SSSR count). The van der Waals surface area contributed by atoms with Crippen molar-refractivity contribution in [1.82, 2.24) is 10.2 Å². The van der Waals surface area contributed by atoms with Gasteiger partial charge in [0.1, 0.15) is 0 Å². The molecule has 1 aromatic heterocycles. The fraction of sp³-hybridized carbons (Fsp3) is 0.231. The van der Waals surface area contributed by atoms with Crippen molar-refractivity contribution in [3.05, 3.63) is 82.0 Å². The maximum atomic E-state index is 13.2. The van der Waals surface area contributed by atoms with Crippen LogP contribution in [0.1, 0.15) is 29.3 Å². The Bertz CT molecular complexity index is 1160. The van der Waals surface area contributed by atoms with E-state index in [-0.39, 0.29) is 17.8 Å². The topological polar surface area (TPSA) is 56.2 Å². The van der Waals surface area contributed by atoms with Crippen molar-refractivity contribution in [2.45, 2.75) is 25.3 Å². The maximum Gasteiger partial charge on any atom is 0.234 e. The molecule has 0 spiro atoms. The second-order valence-electron chi connectivity index (χ2n) is 8.07. The fourth-order valence-corrected chi connectivity index (χ4v) is 5.25. The molecule has 1 fully saturated rings. The van der Waals surface area contributed by atoms with Gasteiger partial charge in [0.05, 0.1) is 11.5 Å². The van der Waals surface area contributed by atoms with Gasteiger partial charge in [-0.15, -0.1) is 17.8 Å². The van der Waals surface area contributed by atoms with Crippen LogP contribution in [0, 0.1) is 23.7 Å². The maximum absolute atomic E-state index is 13.2. The summed E-state index contributed by atoms with van der Waals surface area (Å²) in [7, 11) is 1.66. The molecule has 4 nitrogen and oxygen atoms in total. The van der Waals surface area contributed by atoms with Crippen molar-refractivity contribution in [2.24, 2.45) is 5.92 Å². The van der Waals surface area contributed by atoms with Crippen LogP contribution in [0.2, 0.25) is 0 Å². The number of nitrogens with zero attached hydrogens (tertiary/aromatic N) is 1. The van der Waals surface area contributed by atoms with Crippen molar-refractivity contribution in [3.63, 3.8) is 0 Å². The predicted molar refractivity (Wildman–Crippen MR) is 127 cm³/mol. The van der Waals surface area contributed by atoms with E-state index in [4.69, 9.17) is 11.8 Å². The summed E-state index contributed by atoms with van der Waals surface area (Å²) in [4.78, 5) is 15.7. The molecule has 1 aliphatic rings. The van der Waals surface area contributed by atoms with Gasteiger partial charge in [-0.3, -0.25) is 15.1 Å². The summed E-state index contributed by atoms with van der Waals surface area (Å²) in [5.74, 6) is 2.51. The first-order valence-corrected chi connectivity index (χ1v) is 11.1. The molecule has 1 aliphatic heterocycles. The van der Waals surface area contributed by atoms with Gasteiger partial charge >= 0.3 is 0 Å². The molecule has 3 aromatic rings. The average Bonchev–Trinajstić information content (AvgIpc) is 3.29. The Balaban J connectivity index is 1.67. The van der Waals surface area contributed by atoms with E-state index in [0.717, 1.165) is 28.0 Å². The number of rotatable bonds is 5. The first kappa shape index (κ1) is 20.9. The van der Waals surface area contributed by atoms with Crippen molar-refractivity contribution in [1.29, 1.82) is 5.41 Å². The molecule has 0 saturated carbocycles. The van der Waals surface area contributed by atoms with E-state index in [1.54, 1.807) is 18.4 Å². The van der Waals surface area contributed by atoms with E-state index < -0.39 is 5.54 Å². The number of hydrogen-bond acceptors (Lipinski definition) is 3. The van der Waals surface area contributed by atoms with E-state index >= 15 is 0 Å². The summed E-state index contributed by atoms with van der Waals surface area (Å²) in [6.45, 7) is 2.04. The third-order valence-corrected chi connectivity index (χ3v) is 7.25. The Kier molecular flexibility index (Phi) is 5.67. The summed E-state index contributed by atoms with van der Waals surface area (Å²) < 4.78 is 0. The van der Waals surface area contributed by atoms with E-state index in [0.29, 0.717) is 6.42 Å². The van der Waals surface area contributed by atoms with Crippen LogP contribution in [-0.2, 0) is 16.8 Å². The smallest absolute Gasteiger partial charge is 0.234 e. The van der Waals surface area contributed by atoms with Crippen molar-refractivity contribution in [3.8, 4) is 23.5 Å². The summed E-state index contributed by atoms with van der Waals surface area (Å²) in [6, 6.07) is 20.2. The Hall–Kier alpha value is -3.36. The lowest BCUT2D eigenvalue weighted by molar-refractivity contribution is -0.135. The summed E-state index contributed by atoms with van der Waals surface area (Å²) >= 11 is 1.61. The van der Waals surface area contributed by atoms with Crippen LogP contribution in [0.15, 0.2) is 66.0 Å². The number of aryl methyl sites for hydroxylation is 1. The van der Waals surface area contributed by atoms with Crippen LogP contribution < -0.4 is 5.32 Å². The summed E-state index contributed by atoms with van der Waals surface area (Å²) in [5, 5.41) is 13.7. The monoisotopic (exact) mass is 427 g/mol. The van der Waals surface area contributed by atoms with Crippen molar-refractivity contribution >= 4 is 23.2 Å². The molecule has 156 valence electrons. The summed E-state index contributed by atoms with van der Waals surface area (Å²) in [6.07, 6.45) is 7.06. The Morgan fingerprint density at radius 2 is 1.94 bits per heavy atom. The van der Waals surface area contributed by atoms with Gasteiger partial charge in [-0.2, -0.15) is 0 Å². The van der Waals surface area contributed by atoms with Gasteiger partial charge in [0.2, 0.25) is 5.91 Å². The SMILES string of the molecule is C#Cc1cccc(-c2csc([C@@]3(C)NC(=N)N(C)C(=O)C3CCc3ccccc3)c2)c1. The van der Waals surface area contributed by atoms with Gasteiger partial charge in [-0.25, -0.2) is 0 Å². The third kappa shape index (κ3) is 3.99. The molecule has 1 amide bonds. The zero-order valence-corrected chi connectivity index (χ0v) is 18.5. The van der Waals surface area contributed by atoms with Crippen molar-refractivity contribution in [2.75, 3.05) is 7.05 Å².